The lowest BCUT2D eigenvalue weighted by Crippen LogP contribution is -2.57. The van der Waals surface area contributed by atoms with E-state index >= 15 is 0 Å². The molecule has 0 heterocycles. The van der Waals surface area contributed by atoms with Crippen LogP contribution in [0.2, 0.25) is 0 Å². The molecular weight excluding hydrogens is 436 g/mol. The third kappa shape index (κ3) is 3.95. The van der Waals surface area contributed by atoms with Crippen LogP contribution >= 0.6 is 28.1 Å². The Bertz CT molecular complexity index is 747. The maximum absolute atomic E-state index is 12.6. The van der Waals surface area contributed by atoms with Crippen molar-refractivity contribution >= 4 is 39.2 Å². The van der Waals surface area contributed by atoms with Crippen molar-refractivity contribution in [2.24, 2.45) is 23.2 Å². The lowest BCUT2D eigenvalue weighted by atomic mass is 9.48. The average molecular weight is 465 g/mol. The SMILES string of the molecule is CCOc1ccc(C(=O)NC(=S)N[C@H](C)C23CC4CC(CC(C4)C2)C3)cc1Br. The summed E-state index contributed by atoms with van der Waals surface area (Å²) in [6.45, 7) is 4.77. The standard InChI is InChI=1S/C22H29BrN2O2S/c1-3-27-19-5-4-17(9-18(19)23)20(26)25-21(28)24-13(2)22-10-14-6-15(11-22)8-16(7-14)12-22/h4-5,9,13-16H,3,6-8,10-12H2,1-2H3,(H2,24,25,26,28)/t13-,14?,15?,16?,22?/m1/s1. The van der Waals surface area contributed by atoms with E-state index in [0.717, 1.165) is 28.0 Å². The molecule has 4 bridgehead atoms. The summed E-state index contributed by atoms with van der Waals surface area (Å²) in [5.41, 5.74) is 0.910. The highest BCUT2D eigenvalue weighted by Gasteiger charge is 2.53. The zero-order valence-corrected chi connectivity index (χ0v) is 19.0. The number of amides is 1. The summed E-state index contributed by atoms with van der Waals surface area (Å²) in [5.74, 6) is 3.24. The van der Waals surface area contributed by atoms with E-state index in [9.17, 15) is 4.79 Å². The number of nitrogens with one attached hydrogen (secondary N) is 2. The van der Waals surface area contributed by atoms with Gasteiger partial charge in [-0.3, -0.25) is 10.1 Å². The Hall–Kier alpha value is -1.14. The van der Waals surface area contributed by atoms with Crippen molar-refractivity contribution in [1.82, 2.24) is 10.6 Å². The van der Waals surface area contributed by atoms with Crippen LogP contribution in [0.1, 0.15) is 62.7 Å². The monoisotopic (exact) mass is 464 g/mol. The lowest BCUT2D eigenvalue weighted by Gasteiger charge is -2.59. The third-order valence-electron chi connectivity index (χ3n) is 7.07. The van der Waals surface area contributed by atoms with Gasteiger partial charge in [0.1, 0.15) is 5.75 Å². The van der Waals surface area contributed by atoms with Crippen molar-refractivity contribution in [2.45, 2.75) is 58.4 Å². The van der Waals surface area contributed by atoms with Crippen LogP contribution in [0.5, 0.6) is 5.75 Å². The fraction of sp³-hybridized carbons (Fsp3) is 0.636. The van der Waals surface area contributed by atoms with Crippen LogP contribution in [0.15, 0.2) is 22.7 Å². The molecule has 0 aliphatic heterocycles. The lowest BCUT2D eigenvalue weighted by molar-refractivity contribution is -0.0672. The first-order valence-electron chi connectivity index (χ1n) is 10.4. The molecule has 1 amide bonds. The van der Waals surface area contributed by atoms with Crippen LogP contribution in [0.3, 0.4) is 0 Å². The number of ether oxygens (including phenoxy) is 1. The van der Waals surface area contributed by atoms with Crippen LogP contribution in [-0.4, -0.2) is 23.7 Å². The van der Waals surface area contributed by atoms with E-state index < -0.39 is 0 Å². The smallest absolute Gasteiger partial charge is 0.257 e. The Morgan fingerprint density at radius 3 is 2.39 bits per heavy atom. The fourth-order valence-electron chi connectivity index (χ4n) is 6.18. The van der Waals surface area contributed by atoms with Gasteiger partial charge in [0.05, 0.1) is 11.1 Å². The highest BCUT2D eigenvalue weighted by atomic mass is 79.9. The molecule has 4 saturated carbocycles. The molecular formula is C22H29BrN2O2S. The molecule has 28 heavy (non-hydrogen) atoms. The van der Waals surface area contributed by atoms with E-state index in [-0.39, 0.29) is 5.91 Å². The molecule has 1 atom stereocenters. The average Bonchev–Trinajstić information content (AvgIpc) is 2.62. The number of halogens is 1. The summed E-state index contributed by atoms with van der Waals surface area (Å²) in [5, 5.41) is 6.73. The Kier molecular flexibility index (Phi) is 5.71. The molecule has 5 rings (SSSR count). The topological polar surface area (TPSA) is 50.4 Å². The number of benzene rings is 1. The first kappa shape index (κ1) is 20.1. The van der Waals surface area contributed by atoms with E-state index in [1.165, 1.54) is 38.5 Å². The minimum Gasteiger partial charge on any atom is -0.493 e. The summed E-state index contributed by atoms with van der Waals surface area (Å²) < 4.78 is 6.27. The van der Waals surface area contributed by atoms with Gasteiger partial charge in [-0.05, 0) is 122 Å². The van der Waals surface area contributed by atoms with Crippen LogP contribution in [0.25, 0.3) is 0 Å². The second-order valence-electron chi connectivity index (χ2n) is 9.01. The first-order chi connectivity index (χ1) is 13.4. The van der Waals surface area contributed by atoms with Crippen LogP contribution in [0.4, 0.5) is 0 Å². The van der Waals surface area contributed by atoms with Gasteiger partial charge >= 0.3 is 0 Å². The normalized spacial score (nSPS) is 31.3. The summed E-state index contributed by atoms with van der Waals surface area (Å²) in [6, 6.07) is 5.62. The molecule has 0 aromatic heterocycles. The molecule has 2 N–H and O–H groups in total. The van der Waals surface area contributed by atoms with Crippen molar-refractivity contribution in [3.05, 3.63) is 28.2 Å². The van der Waals surface area contributed by atoms with Gasteiger partial charge in [-0.25, -0.2) is 0 Å². The molecule has 0 spiro atoms. The Balaban J connectivity index is 1.36. The Morgan fingerprint density at radius 1 is 1.25 bits per heavy atom. The number of carbonyl (C=O) groups excluding carboxylic acids is 1. The molecule has 152 valence electrons. The van der Waals surface area contributed by atoms with E-state index in [4.69, 9.17) is 17.0 Å². The van der Waals surface area contributed by atoms with Gasteiger partial charge in [0, 0.05) is 11.6 Å². The summed E-state index contributed by atoms with van der Waals surface area (Å²) >= 11 is 8.94. The van der Waals surface area contributed by atoms with Crippen molar-refractivity contribution in [3.63, 3.8) is 0 Å². The molecule has 4 fully saturated rings. The first-order valence-corrected chi connectivity index (χ1v) is 11.6. The molecule has 4 aliphatic carbocycles. The van der Waals surface area contributed by atoms with E-state index in [1.807, 2.05) is 6.92 Å². The van der Waals surface area contributed by atoms with Gasteiger partial charge in [0.15, 0.2) is 5.11 Å². The summed E-state index contributed by atoms with van der Waals surface area (Å²) in [6.07, 6.45) is 8.24. The van der Waals surface area contributed by atoms with Crippen LogP contribution in [0, 0.1) is 23.2 Å². The fourth-order valence-corrected chi connectivity index (χ4v) is 6.95. The predicted molar refractivity (Wildman–Crippen MR) is 119 cm³/mol. The highest BCUT2D eigenvalue weighted by molar-refractivity contribution is 9.10. The minimum atomic E-state index is -0.195. The van der Waals surface area contributed by atoms with Gasteiger partial charge in [0.2, 0.25) is 0 Å². The Morgan fingerprint density at radius 2 is 1.86 bits per heavy atom. The predicted octanol–water partition coefficient (Wildman–Crippen LogP) is 5.06. The van der Waals surface area contributed by atoms with Crippen molar-refractivity contribution in [1.29, 1.82) is 0 Å². The summed E-state index contributed by atoms with van der Waals surface area (Å²) in [7, 11) is 0. The van der Waals surface area contributed by atoms with Crippen LogP contribution in [-0.2, 0) is 0 Å². The van der Waals surface area contributed by atoms with Crippen molar-refractivity contribution in [2.75, 3.05) is 6.61 Å². The van der Waals surface area contributed by atoms with Gasteiger partial charge < -0.3 is 10.1 Å². The molecule has 0 saturated heterocycles. The second-order valence-corrected chi connectivity index (χ2v) is 10.3. The molecule has 6 heteroatoms. The van der Waals surface area contributed by atoms with Gasteiger partial charge in [-0.2, -0.15) is 0 Å². The van der Waals surface area contributed by atoms with E-state index in [1.54, 1.807) is 18.2 Å². The quantitative estimate of drug-likeness (QED) is 0.598. The number of hydrogen-bond acceptors (Lipinski definition) is 3. The molecule has 1 aromatic carbocycles. The van der Waals surface area contributed by atoms with E-state index in [0.29, 0.717) is 28.7 Å². The van der Waals surface area contributed by atoms with Gasteiger partial charge in [-0.1, -0.05) is 0 Å². The second kappa shape index (κ2) is 7.94. The number of hydrogen-bond donors (Lipinski definition) is 2. The number of thiocarbonyl (C=S) groups is 1. The number of carbonyl (C=O) groups is 1. The zero-order valence-electron chi connectivity index (χ0n) is 16.6. The zero-order chi connectivity index (χ0) is 19.9. The molecule has 4 nitrogen and oxygen atoms in total. The number of rotatable bonds is 5. The van der Waals surface area contributed by atoms with Gasteiger partial charge in [0.25, 0.3) is 5.91 Å². The third-order valence-corrected chi connectivity index (χ3v) is 7.91. The van der Waals surface area contributed by atoms with Crippen molar-refractivity contribution in [3.8, 4) is 5.75 Å². The molecule has 1 aromatic rings. The maximum atomic E-state index is 12.6. The highest BCUT2D eigenvalue weighted by Crippen LogP contribution is 2.61. The maximum Gasteiger partial charge on any atom is 0.257 e. The largest absolute Gasteiger partial charge is 0.493 e. The van der Waals surface area contributed by atoms with Crippen LogP contribution < -0.4 is 15.4 Å². The minimum absolute atomic E-state index is 0.195. The van der Waals surface area contributed by atoms with E-state index in [2.05, 4.69) is 33.5 Å². The molecule has 0 radical (unpaired) electrons. The molecule has 0 unspecified atom stereocenters. The molecule has 4 aliphatic rings. The Labute approximate surface area is 181 Å². The summed E-state index contributed by atoms with van der Waals surface area (Å²) in [4.78, 5) is 12.6. The van der Waals surface area contributed by atoms with Gasteiger partial charge in [-0.15, -0.1) is 0 Å². The van der Waals surface area contributed by atoms with Crippen molar-refractivity contribution < 1.29 is 9.53 Å².